The van der Waals surface area contributed by atoms with Crippen LogP contribution in [0.4, 0.5) is 32.3 Å². The first-order valence-corrected chi connectivity index (χ1v) is 17.0. The number of nitrogens with zero attached hydrogens (tertiary/aromatic N) is 6. The molecule has 0 spiro atoms. The molecule has 0 atom stereocenters. The van der Waals surface area contributed by atoms with Crippen LogP contribution in [0.25, 0.3) is 16.5 Å². The number of ether oxygens (including phenoxy) is 1. The van der Waals surface area contributed by atoms with Gasteiger partial charge in [0.25, 0.3) is 5.91 Å². The normalized spacial score (nSPS) is 12.9. The molecule has 4 heterocycles. The van der Waals surface area contributed by atoms with Gasteiger partial charge < -0.3 is 20.3 Å². The molecule has 52 heavy (non-hydrogen) atoms. The van der Waals surface area contributed by atoms with E-state index in [-0.39, 0.29) is 23.7 Å². The first-order chi connectivity index (χ1) is 25.1. The molecular weight excluding hydrogens is 661 g/mol. The van der Waals surface area contributed by atoms with Gasteiger partial charge in [-0.05, 0) is 66.9 Å². The largest absolute Gasteiger partial charge is 0.488 e. The number of carbonyl (C=O) groups is 2. The number of aromatic nitrogens is 5. The van der Waals surface area contributed by atoms with Crippen LogP contribution in [0.3, 0.4) is 0 Å². The molecule has 1 aliphatic rings. The van der Waals surface area contributed by atoms with Crippen LogP contribution in [0, 0.1) is 5.82 Å². The number of anilines is 4. The lowest BCUT2D eigenvalue weighted by atomic mass is 9.92. The van der Waals surface area contributed by atoms with Crippen molar-refractivity contribution in [2.24, 2.45) is 0 Å². The topological polar surface area (TPSA) is 139 Å². The number of hydrogen-bond donors (Lipinski definition) is 3. The Labute approximate surface area is 300 Å². The minimum absolute atomic E-state index is 0.102. The molecule has 0 radical (unpaired) electrons. The summed E-state index contributed by atoms with van der Waals surface area (Å²) in [5, 5.41) is 15.3. The highest BCUT2D eigenvalue weighted by atomic mass is 19.1. The minimum Gasteiger partial charge on any atom is -0.488 e. The van der Waals surface area contributed by atoms with Crippen LogP contribution in [0.5, 0.6) is 5.75 Å². The Morgan fingerprint density at radius 1 is 0.846 bits per heavy atom. The number of urea groups is 1. The second-order valence-corrected chi connectivity index (χ2v) is 13.5. The number of benzene rings is 3. The average molecular weight is 700 g/mol. The van der Waals surface area contributed by atoms with Gasteiger partial charge in [0.1, 0.15) is 41.3 Å². The van der Waals surface area contributed by atoms with Crippen molar-refractivity contribution in [1.82, 2.24) is 29.6 Å². The third-order valence-corrected chi connectivity index (χ3v) is 8.66. The van der Waals surface area contributed by atoms with E-state index in [0.717, 1.165) is 48.0 Å². The second kappa shape index (κ2) is 14.5. The second-order valence-electron chi connectivity index (χ2n) is 13.5. The van der Waals surface area contributed by atoms with Gasteiger partial charge in [0.05, 0.1) is 29.5 Å². The number of carbonyl (C=O) groups excluding carboxylic acids is 2. The van der Waals surface area contributed by atoms with Crippen LogP contribution >= 0.6 is 0 Å². The fourth-order valence-electron chi connectivity index (χ4n) is 5.90. The number of likely N-dealkylation sites (tertiary alicyclic amines) is 1. The summed E-state index contributed by atoms with van der Waals surface area (Å²) in [5.74, 6) is 1.65. The summed E-state index contributed by atoms with van der Waals surface area (Å²) >= 11 is 0. The number of fused-ring (bicyclic) bond motifs is 1. The van der Waals surface area contributed by atoms with E-state index < -0.39 is 6.03 Å². The third kappa shape index (κ3) is 7.68. The molecule has 0 unspecified atom stereocenters. The van der Waals surface area contributed by atoms with Crippen molar-refractivity contribution in [3.8, 4) is 11.4 Å². The van der Waals surface area contributed by atoms with E-state index in [1.165, 1.54) is 24.5 Å². The maximum atomic E-state index is 13.7. The Morgan fingerprint density at radius 2 is 1.62 bits per heavy atom. The number of pyridine rings is 1. The van der Waals surface area contributed by atoms with Gasteiger partial charge in [-0.15, -0.1) is 0 Å². The summed E-state index contributed by atoms with van der Waals surface area (Å²) in [4.78, 5) is 40.9. The van der Waals surface area contributed by atoms with Gasteiger partial charge in [0.2, 0.25) is 0 Å². The van der Waals surface area contributed by atoms with Crippen molar-refractivity contribution < 1.29 is 18.7 Å². The van der Waals surface area contributed by atoms with Gasteiger partial charge >= 0.3 is 6.03 Å². The van der Waals surface area contributed by atoms with Crippen LogP contribution in [0.15, 0.2) is 97.5 Å². The van der Waals surface area contributed by atoms with E-state index in [1.807, 2.05) is 69.3 Å². The van der Waals surface area contributed by atoms with Crippen LogP contribution in [0.1, 0.15) is 55.4 Å². The van der Waals surface area contributed by atoms with E-state index in [2.05, 4.69) is 30.9 Å². The minimum atomic E-state index is -0.461. The Balaban J connectivity index is 1.03. The summed E-state index contributed by atoms with van der Waals surface area (Å²) in [6.07, 6.45) is 6.71. The van der Waals surface area contributed by atoms with E-state index in [9.17, 15) is 14.0 Å². The Morgan fingerprint density at radius 3 is 2.35 bits per heavy atom. The van der Waals surface area contributed by atoms with Crippen LogP contribution in [-0.2, 0) is 12.0 Å². The number of amides is 3. The van der Waals surface area contributed by atoms with E-state index >= 15 is 0 Å². The van der Waals surface area contributed by atoms with Crippen molar-refractivity contribution in [3.63, 3.8) is 0 Å². The number of rotatable bonds is 9. The molecule has 1 saturated heterocycles. The lowest BCUT2D eigenvalue weighted by Gasteiger charge is -2.15. The van der Waals surface area contributed by atoms with Crippen molar-refractivity contribution in [2.75, 3.05) is 29.0 Å². The summed E-state index contributed by atoms with van der Waals surface area (Å²) in [6.45, 7) is 7.85. The van der Waals surface area contributed by atoms with Gasteiger partial charge in [0.15, 0.2) is 0 Å². The molecule has 264 valence electrons. The number of halogens is 1. The first-order valence-electron chi connectivity index (χ1n) is 17.0. The van der Waals surface area contributed by atoms with Gasteiger partial charge in [-0.2, -0.15) is 5.10 Å². The Kier molecular flexibility index (Phi) is 9.49. The molecule has 0 bridgehead atoms. The van der Waals surface area contributed by atoms with Crippen molar-refractivity contribution in [1.29, 1.82) is 0 Å². The fourth-order valence-corrected chi connectivity index (χ4v) is 5.90. The predicted octanol–water partition coefficient (Wildman–Crippen LogP) is 7.85. The molecule has 6 aromatic rings. The van der Waals surface area contributed by atoms with Gasteiger partial charge in [-0.25, -0.2) is 28.8 Å². The summed E-state index contributed by atoms with van der Waals surface area (Å²) in [7, 11) is 0. The molecule has 13 heteroatoms. The molecule has 1 fully saturated rings. The zero-order valence-electron chi connectivity index (χ0n) is 29.1. The lowest BCUT2D eigenvalue weighted by molar-refractivity contribution is 0.0786. The van der Waals surface area contributed by atoms with Crippen LogP contribution in [-0.4, -0.2) is 54.7 Å². The van der Waals surface area contributed by atoms with Crippen LogP contribution < -0.4 is 20.7 Å². The SMILES string of the molecule is CC(C)(C)c1cc(NC(=O)Nc2ccc(OCc3ccnc(Nc4cnc(C(=O)N5CCCC5)cn4)c3)c3ccccc23)n(-c2ccc(F)cc2)n1. The molecule has 3 N–H and O–H groups in total. The van der Waals surface area contributed by atoms with E-state index in [4.69, 9.17) is 9.84 Å². The molecule has 3 amide bonds. The molecular formula is C39H38FN9O3. The van der Waals surface area contributed by atoms with E-state index in [0.29, 0.717) is 40.3 Å². The maximum absolute atomic E-state index is 13.7. The van der Waals surface area contributed by atoms with Crippen molar-refractivity contribution in [3.05, 3.63) is 120 Å². The Bertz CT molecular complexity index is 2230. The monoisotopic (exact) mass is 699 g/mol. The highest BCUT2D eigenvalue weighted by Gasteiger charge is 2.23. The zero-order valence-corrected chi connectivity index (χ0v) is 29.1. The first kappa shape index (κ1) is 34.1. The average Bonchev–Trinajstić information content (AvgIpc) is 3.83. The molecule has 0 saturated carbocycles. The summed E-state index contributed by atoms with van der Waals surface area (Å²) in [5.41, 5.74) is 2.88. The lowest BCUT2D eigenvalue weighted by Crippen LogP contribution is -2.28. The van der Waals surface area contributed by atoms with Crippen LogP contribution in [0.2, 0.25) is 0 Å². The van der Waals surface area contributed by atoms with Gasteiger partial charge in [-0.1, -0.05) is 45.0 Å². The van der Waals surface area contributed by atoms with E-state index in [1.54, 1.807) is 34.0 Å². The zero-order chi connectivity index (χ0) is 36.2. The molecule has 7 rings (SSSR count). The van der Waals surface area contributed by atoms with Gasteiger partial charge in [0, 0.05) is 41.5 Å². The van der Waals surface area contributed by atoms with Crippen molar-refractivity contribution >= 4 is 45.9 Å². The smallest absolute Gasteiger partial charge is 0.324 e. The maximum Gasteiger partial charge on any atom is 0.324 e. The molecule has 1 aliphatic heterocycles. The quantitative estimate of drug-likeness (QED) is 0.139. The highest BCUT2D eigenvalue weighted by Crippen LogP contribution is 2.33. The third-order valence-electron chi connectivity index (χ3n) is 8.66. The standard InChI is InChI=1S/C39H38FN9O3/c1-39(2,3)33-21-36(49(47-33)27-12-10-26(40)11-13-27)46-38(51)44-30-14-15-32(29-9-5-4-8-28(29)30)52-24-25-16-17-41-34(20-25)45-35-23-42-31(22-43-35)37(50)48-18-6-7-19-48/h4-5,8-17,20-23H,6-7,18-19,24H2,1-3H3,(H,41,43,45)(H2,44,46,51). The number of nitrogens with one attached hydrogen (secondary N) is 3. The molecule has 12 nitrogen and oxygen atoms in total. The fraction of sp³-hybridized carbons (Fsp3) is 0.231. The summed E-state index contributed by atoms with van der Waals surface area (Å²) in [6, 6.07) is 22.3. The molecule has 3 aromatic heterocycles. The Hall–Kier alpha value is -6.37. The highest BCUT2D eigenvalue weighted by molar-refractivity contribution is 6.07. The van der Waals surface area contributed by atoms with Gasteiger partial charge in [-0.3, -0.25) is 10.1 Å². The van der Waals surface area contributed by atoms with Crippen molar-refractivity contribution in [2.45, 2.75) is 45.6 Å². The predicted molar refractivity (Wildman–Crippen MR) is 198 cm³/mol. The summed E-state index contributed by atoms with van der Waals surface area (Å²) < 4.78 is 21.5. The number of hydrogen-bond acceptors (Lipinski definition) is 8. The molecule has 3 aromatic carbocycles. The molecule has 0 aliphatic carbocycles.